The van der Waals surface area contributed by atoms with Crippen molar-refractivity contribution in [3.63, 3.8) is 0 Å². The van der Waals surface area contributed by atoms with Crippen molar-refractivity contribution in [3.05, 3.63) is 11.6 Å². The van der Waals surface area contributed by atoms with Gasteiger partial charge in [0.25, 0.3) is 0 Å². The molecule has 4 aliphatic carbocycles. The molecule has 172 valence electrons. The largest absolute Gasteiger partial charge is 0.481 e. The van der Waals surface area contributed by atoms with E-state index in [4.69, 9.17) is 9.84 Å². The first kappa shape index (κ1) is 22.5. The number of carboxylic acids is 1. The Morgan fingerprint density at radius 1 is 1.10 bits per heavy atom. The Hall–Kier alpha value is -1.65. The number of fused-ring (bicyclic) bond motifs is 5. The molecule has 0 saturated heterocycles. The van der Waals surface area contributed by atoms with Gasteiger partial charge in [-0.3, -0.25) is 14.4 Å². The Morgan fingerprint density at radius 3 is 2.61 bits per heavy atom. The number of rotatable bonds is 6. The van der Waals surface area contributed by atoms with Gasteiger partial charge in [0.1, 0.15) is 0 Å². The van der Waals surface area contributed by atoms with Gasteiger partial charge in [-0.2, -0.15) is 0 Å². The summed E-state index contributed by atoms with van der Waals surface area (Å²) >= 11 is 0. The van der Waals surface area contributed by atoms with Crippen LogP contribution in [0.2, 0.25) is 0 Å². The minimum Gasteiger partial charge on any atom is -0.481 e. The maximum atomic E-state index is 12.0. The minimum absolute atomic E-state index is 0.0483. The number of carbonyl (C=O) groups excluding carboxylic acids is 2. The fourth-order valence-electron chi connectivity index (χ4n) is 8.16. The Kier molecular flexibility index (Phi) is 6.08. The lowest BCUT2D eigenvalue weighted by atomic mass is 9.46. The van der Waals surface area contributed by atoms with Gasteiger partial charge >= 0.3 is 11.9 Å². The van der Waals surface area contributed by atoms with E-state index in [0.717, 1.165) is 24.7 Å². The van der Waals surface area contributed by atoms with Crippen LogP contribution in [-0.4, -0.2) is 29.4 Å². The lowest BCUT2D eigenvalue weighted by Crippen LogP contribution is -2.51. The second-order valence-electron chi connectivity index (χ2n) is 11.3. The Morgan fingerprint density at radius 2 is 1.87 bits per heavy atom. The van der Waals surface area contributed by atoms with E-state index < -0.39 is 11.9 Å². The van der Waals surface area contributed by atoms with Crippen molar-refractivity contribution in [2.75, 3.05) is 6.61 Å². The third-order valence-corrected chi connectivity index (χ3v) is 9.77. The van der Waals surface area contributed by atoms with E-state index in [1.54, 1.807) is 0 Å². The van der Waals surface area contributed by atoms with Crippen molar-refractivity contribution >= 4 is 17.7 Å². The molecule has 3 fully saturated rings. The molecule has 31 heavy (non-hydrogen) atoms. The Balaban J connectivity index is 1.42. The molecule has 0 aromatic carbocycles. The molecule has 0 aliphatic heterocycles. The van der Waals surface area contributed by atoms with Gasteiger partial charge in [0.05, 0.1) is 19.4 Å². The van der Waals surface area contributed by atoms with E-state index in [2.05, 4.69) is 20.8 Å². The highest BCUT2D eigenvalue weighted by molar-refractivity contribution is 5.91. The predicted molar refractivity (Wildman–Crippen MR) is 117 cm³/mol. The van der Waals surface area contributed by atoms with Crippen LogP contribution in [0.5, 0.6) is 0 Å². The van der Waals surface area contributed by atoms with Crippen LogP contribution >= 0.6 is 0 Å². The van der Waals surface area contributed by atoms with Crippen LogP contribution in [0.15, 0.2) is 11.6 Å². The van der Waals surface area contributed by atoms with Crippen molar-refractivity contribution in [3.8, 4) is 0 Å². The zero-order chi connectivity index (χ0) is 22.4. The van der Waals surface area contributed by atoms with Crippen molar-refractivity contribution < 1.29 is 24.2 Å². The number of aliphatic carboxylic acids is 1. The van der Waals surface area contributed by atoms with Gasteiger partial charge in [0.15, 0.2) is 5.78 Å². The number of esters is 1. The van der Waals surface area contributed by atoms with Crippen molar-refractivity contribution in [2.45, 2.75) is 85.0 Å². The summed E-state index contributed by atoms with van der Waals surface area (Å²) in [5.41, 5.74) is 1.92. The quantitative estimate of drug-likeness (QED) is 0.587. The van der Waals surface area contributed by atoms with Gasteiger partial charge in [-0.05, 0) is 91.4 Å². The molecule has 0 heterocycles. The summed E-state index contributed by atoms with van der Waals surface area (Å²) < 4.78 is 5.45. The SMILES string of the molecule is CC(COC(=O)CCC(=O)O)[C@H]1CC[C@H]2[C@@H]3CCC4=CC(=O)CC[C@]4(C)[C@H]3CC[C@]12C. The fraction of sp³-hybridized carbons (Fsp3) is 0.808. The summed E-state index contributed by atoms with van der Waals surface area (Å²) in [4.78, 5) is 34.6. The normalized spacial score (nSPS) is 40.2. The van der Waals surface area contributed by atoms with Crippen LogP contribution in [0.4, 0.5) is 0 Å². The molecule has 0 radical (unpaired) electrons. The van der Waals surface area contributed by atoms with Crippen LogP contribution < -0.4 is 0 Å². The molecule has 4 aliphatic rings. The summed E-state index contributed by atoms with van der Waals surface area (Å²) in [5, 5.41) is 8.75. The molecule has 1 N–H and O–H groups in total. The summed E-state index contributed by atoms with van der Waals surface area (Å²) in [6.45, 7) is 7.50. The van der Waals surface area contributed by atoms with Gasteiger partial charge in [-0.15, -0.1) is 0 Å². The first-order chi connectivity index (χ1) is 14.6. The van der Waals surface area contributed by atoms with Crippen LogP contribution in [0, 0.1) is 40.4 Å². The number of carboxylic acid groups (broad SMARTS) is 1. The lowest BCUT2D eigenvalue weighted by Gasteiger charge is -2.58. The molecule has 7 atom stereocenters. The van der Waals surface area contributed by atoms with E-state index in [0.29, 0.717) is 36.6 Å². The molecule has 0 aromatic heterocycles. The molecule has 0 bridgehead atoms. The molecule has 0 amide bonds. The van der Waals surface area contributed by atoms with Crippen LogP contribution in [-0.2, 0) is 19.1 Å². The standard InChI is InChI=1S/C26H38O5/c1-16(15-31-24(30)9-8-23(28)29)20-6-7-21-19-5-4-17-14-18(27)10-12-25(17,2)22(19)11-13-26(20,21)3/h14,16,19-22H,4-13,15H2,1-3H3,(H,28,29)/t16?,19-,20+,21-,22-,25-,26+/m0/s1. The number of hydrogen-bond acceptors (Lipinski definition) is 4. The summed E-state index contributed by atoms with van der Waals surface area (Å²) in [6, 6.07) is 0. The Labute approximate surface area is 186 Å². The van der Waals surface area contributed by atoms with Crippen molar-refractivity contribution in [1.29, 1.82) is 0 Å². The lowest BCUT2D eigenvalue weighted by molar-refractivity contribution is -0.149. The zero-order valence-electron chi connectivity index (χ0n) is 19.3. The zero-order valence-corrected chi connectivity index (χ0v) is 19.3. The van der Waals surface area contributed by atoms with E-state index in [-0.39, 0.29) is 23.7 Å². The summed E-state index contributed by atoms with van der Waals surface area (Å²) in [6.07, 6.45) is 10.7. The third kappa shape index (κ3) is 3.98. The maximum Gasteiger partial charge on any atom is 0.306 e. The van der Waals surface area contributed by atoms with Gasteiger partial charge in [0, 0.05) is 6.42 Å². The number of allylic oxidation sites excluding steroid dienone is 1. The molecule has 4 rings (SSSR count). The van der Waals surface area contributed by atoms with Gasteiger partial charge in [-0.1, -0.05) is 26.3 Å². The highest BCUT2D eigenvalue weighted by atomic mass is 16.5. The van der Waals surface area contributed by atoms with Crippen molar-refractivity contribution in [2.24, 2.45) is 40.4 Å². The van der Waals surface area contributed by atoms with Crippen LogP contribution in [0.1, 0.15) is 85.0 Å². The highest BCUT2D eigenvalue weighted by Gasteiger charge is 2.59. The molecule has 3 saturated carbocycles. The monoisotopic (exact) mass is 430 g/mol. The molecular formula is C26H38O5. The van der Waals surface area contributed by atoms with Crippen molar-refractivity contribution in [1.82, 2.24) is 0 Å². The van der Waals surface area contributed by atoms with Gasteiger partial charge < -0.3 is 9.84 Å². The number of hydrogen-bond donors (Lipinski definition) is 1. The molecule has 1 unspecified atom stereocenters. The number of ether oxygens (including phenoxy) is 1. The van der Waals surface area contributed by atoms with E-state index in [9.17, 15) is 14.4 Å². The number of carbonyl (C=O) groups is 3. The van der Waals surface area contributed by atoms with E-state index >= 15 is 0 Å². The topological polar surface area (TPSA) is 80.7 Å². The summed E-state index contributed by atoms with van der Waals surface area (Å²) in [5.74, 6) is 1.95. The second-order valence-corrected chi connectivity index (χ2v) is 11.3. The molecular weight excluding hydrogens is 392 g/mol. The second kappa shape index (κ2) is 8.37. The first-order valence-corrected chi connectivity index (χ1v) is 12.3. The van der Waals surface area contributed by atoms with Gasteiger partial charge in [-0.25, -0.2) is 0 Å². The third-order valence-electron chi connectivity index (χ3n) is 9.77. The molecule has 5 heteroatoms. The average Bonchev–Trinajstić information content (AvgIpc) is 3.08. The average molecular weight is 431 g/mol. The minimum atomic E-state index is -0.964. The highest BCUT2D eigenvalue weighted by Crippen LogP contribution is 2.67. The summed E-state index contributed by atoms with van der Waals surface area (Å²) in [7, 11) is 0. The van der Waals surface area contributed by atoms with Crippen LogP contribution in [0.3, 0.4) is 0 Å². The predicted octanol–water partition coefficient (Wildman–Crippen LogP) is 5.18. The molecule has 0 spiro atoms. The maximum absolute atomic E-state index is 12.0. The fourth-order valence-corrected chi connectivity index (χ4v) is 8.16. The smallest absolute Gasteiger partial charge is 0.306 e. The number of ketones is 1. The first-order valence-electron chi connectivity index (χ1n) is 12.3. The molecule has 5 nitrogen and oxygen atoms in total. The van der Waals surface area contributed by atoms with E-state index in [1.807, 2.05) is 6.08 Å². The van der Waals surface area contributed by atoms with Gasteiger partial charge in [0.2, 0.25) is 0 Å². The molecule has 0 aromatic rings. The van der Waals surface area contributed by atoms with Crippen LogP contribution in [0.25, 0.3) is 0 Å². The Bertz CT molecular complexity index is 785. The van der Waals surface area contributed by atoms with E-state index in [1.165, 1.54) is 37.7 Å².